The number of amides is 1. The lowest BCUT2D eigenvalue weighted by molar-refractivity contribution is -0.144. The van der Waals surface area contributed by atoms with Crippen LogP contribution in [0.2, 0.25) is 0 Å². The number of pyridine rings is 1. The molecule has 3 aromatic rings. The highest BCUT2D eigenvalue weighted by Gasteiger charge is 2.36. The molecule has 4 heterocycles. The molecule has 1 unspecified atom stereocenters. The number of hydrogen-bond donors (Lipinski definition) is 1. The summed E-state index contributed by atoms with van der Waals surface area (Å²) in [6.07, 6.45) is 1.44. The highest BCUT2D eigenvalue weighted by molar-refractivity contribution is 5.94. The Morgan fingerprint density at radius 2 is 1.97 bits per heavy atom. The third-order valence-electron chi connectivity index (χ3n) is 6.75. The summed E-state index contributed by atoms with van der Waals surface area (Å²) in [6, 6.07) is 4.96. The van der Waals surface area contributed by atoms with E-state index in [-0.39, 0.29) is 18.8 Å². The van der Waals surface area contributed by atoms with Gasteiger partial charge in [0.2, 0.25) is 5.91 Å². The summed E-state index contributed by atoms with van der Waals surface area (Å²) in [7, 11) is 0. The van der Waals surface area contributed by atoms with Crippen LogP contribution in [0.15, 0.2) is 36.8 Å². The molecule has 1 amide bonds. The van der Waals surface area contributed by atoms with Crippen LogP contribution in [0, 0.1) is 18.7 Å². The summed E-state index contributed by atoms with van der Waals surface area (Å²) < 4.78 is 60.3. The molecule has 0 aliphatic carbocycles. The zero-order valence-electron chi connectivity index (χ0n) is 19.8. The predicted octanol–water partition coefficient (Wildman–Crippen LogP) is 4.11. The molecule has 11 heteroatoms. The number of fused-ring (bicyclic) bond motifs is 1. The van der Waals surface area contributed by atoms with Crippen molar-refractivity contribution in [3.05, 3.63) is 48.2 Å². The molecule has 7 nitrogen and oxygen atoms in total. The monoisotopic (exact) mass is 505 g/mol. The molecule has 5 rings (SSSR count). The molecule has 2 saturated heterocycles. The van der Waals surface area contributed by atoms with Gasteiger partial charge in [0.05, 0.1) is 37.1 Å². The van der Waals surface area contributed by atoms with Gasteiger partial charge in [0.25, 0.3) is 0 Å². The Morgan fingerprint density at radius 1 is 1.19 bits per heavy atom. The number of imidazole rings is 1. The van der Waals surface area contributed by atoms with Gasteiger partial charge < -0.3 is 19.4 Å². The first kappa shape index (κ1) is 24.5. The average molecular weight is 506 g/mol. The van der Waals surface area contributed by atoms with E-state index in [4.69, 9.17) is 4.74 Å². The number of likely N-dealkylation sites (tertiary alicyclic amines) is 1. The van der Waals surface area contributed by atoms with Gasteiger partial charge in [-0.05, 0) is 49.2 Å². The van der Waals surface area contributed by atoms with E-state index >= 15 is 0 Å². The third-order valence-corrected chi connectivity index (χ3v) is 6.75. The van der Waals surface area contributed by atoms with Crippen molar-refractivity contribution in [1.29, 1.82) is 0 Å². The number of rotatable bonds is 5. The number of halogens is 4. The van der Waals surface area contributed by atoms with Gasteiger partial charge in [0, 0.05) is 43.8 Å². The van der Waals surface area contributed by atoms with E-state index in [0.717, 1.165) is 35.6 Å². The van der Waals surface area contributed by atoms with E-state index in [1.807, 2.05) is 22.9 Å². The Balaban J connectivity index is 1.41. The summed E-state index contributed by atoms with van der Waals surface area (Å²) in [6.45, 7) is 3.59. The first-order chi connectivity index (χ1) is 17.2. The van der Waals surface area contributed by atoms with Gasteiger partial charge in [-0.2, -0.15) is 13.2 Å². The summed E-state index contributed by atoms with van der Waals surface area (Å²) in [4.78, 5) is 20.7. The van der Waals surface area contributed by atoms with Crippen molar-refractivity contribution in [1.82, 2.24) is 14.3 Å². The third kappa shape index (κ3) is 5.17. The SMILES string of the molecule is Cc1cc(F)c(NC(=O)C2CCN(CC(F)(F)F)C2)cc1-c1cc(N2CCOCC2)c2nccn2c1. The van der Waals surface area contributed by atoms with E-state index in [1.54, 1.807) is 19.2 Å². The van der Waals surface area contributed by atoms with E-state index in [1.165, 1.54) is 11.0 Å². The number of alkyl halides is 3. The van der Waals surface area contributed by atoms with Crippen LogP contribution in [0.1, 0.15) is 12.0 Å². The number of aromatic nitrogens is 2. The van der Waals surface area contributed by atoms with Gasteiger partial charge in [0.15, 0.2) is 5.65 Å². The lowest BCUT2D eigenvalue weighted by Gasteiger charge is -2.29. The quantitative estimate of drug-likeness (QED) is 0.529. The minimum Gasteiger partial charge on any atom is -0.378 e. The lowest BCUT2D eigenvalue weighted by atomic mass is 9.99. The number of aryl methyl sites for hydroxylation is 1. The minimum atomic E-state index is -4.32. The zero-order chi connectivity index (χ0) is 25.4. The first-order valence-electron chi connectivity index (χ1n) is 11.9. The average Bonchev–Trinajstić information content (AvgIpc) is 3.49. The molecule has 1 atom stereocenters. The van der Waals surface area contributed by atoms with Crippen molar-refractivity contribution in [3.63, 3.8) is 0 Å². The maximum Gasteiger partial charge on any atom is 0.401 e. The fourth-order valence-electron chi connectivity index (χ4n) is 4.96. The van der Waals surface area contributed by atoms with Crippen molar-refractivity contribution in [2.24, 2.45) is 5.92 Å². The fraction of sp³-hybridized carbons (Fsp3) is 0.440. The minimum absolute atomic E-state index is 0.00789. The summed E-state index contributed by atoms with van der Waals surface area (Å²) in [5.41, 5.74) is 4.00. The summed E-state index contributed by atoms with van der Waals surface area (Å²) in [5, 5.41) is 2.62. The number of carbonyl (C=O) groups is 1. The van der Waals surface area contributed by atoms with Crippen LogP contribution < -0.4 is 10.2 Å². The number of ether oxygens (including phenoxy) is 1. The molecule has 2 aliphatic heterocycles. The van der Waals surface area contributed by atoms with Gasteiger partial charge in [-0.15, -0.1) is 0 Å². The molecule has 2 fully saturated rings. The Hall–Kier alpha value is -3.18. The van der Waals surface area contributed by atoms with Crippen LogP contribution in [0.4, 0.5) is 28.9 Å². The molecule has 2 aromatic heterocycles. The zero-order valence-corrected chi connectivity index (χ0v) is 19.8. The second kappa shape index (κ2) is 9.70. The van der Waals surface area contributed by atoms with Crippen molar-refractivity contribution in [2.75, 3.05) is 56.2 Å². The highest BCUT2D eigenvalue weighted by atomic mass is 19.4. The second-order valence-electron chi connectivity index (χ2n) is 9.34. The fourth-order valence-corrected chi connectivity index (χ4v) is 4.96. The highest BCUT2D eigenvalue weighted by Crippen LogP contribution is 2.34. The van der Waals surface area contributed by atoms with Crippen LogP contribution in [0.3, 0.4) is 0 Å². The predicted molar refractivity (Wildman–Crippen MR) is 128 cm³/mol. The van der Waals surface area contributed by atoms with E-state index in [9.17, 15) is 22.4 Å². The van der Waals surface area contributed by atoms with E-state index < -0.39 is 30.4 Å². The van der Waals surface area contributed by atoms with Crippen LogP contribution in [0.25, 0.3) is 16.8 Å². The number of nitrogens with zero attached hydrogens (tertiary/aromatic N) is 4. The molecule has 0 bridgehead atoms. The van der Waals surface area contributed by atoms with Gasteiger partial charge in [-0.25, -0.2) is 9.37 Å². The molecule has 192 valence electrons. The van der Waals surface area contributed by atoms with Gasteiger partial charge in [-0.1, -0.05) is 0 Å². The van der Waals surface area contributed by atoms with E-state index in [0.29, 0.717) is 25.2 Å². The summed E-state index contributed by atoms with van der Waals surface area (Å²) >= 11 is 0. The molecule has 2 aliphatic rings. The molecule has 36 heavy (non-hydrogen) atoms. The largest absolute Gasteiger partial charge is 0.401 e. The maximum atomic E-state index is 14.9. The maximum absolute atomic E-state index is 14.9. The first-order valence-corrected chi connectivity index (χ1v) is 11.9. The van der Waals surface area contributed by atoms with Crippen molar-refractivity contribution in [3.8, 4) is 11.1 Å². The number of benzene rings is 1. The van der Waals surface area contributed by atoms with Crippen LogP contribution in [-0.4, -0.2) is 72.3 Å². The van der Waals surface area contributed by atoms with Gasteiger partial charge in [-0.3, -0.25) is 9.69 Å². The molecular weight excluding hydrogens is 478 g/mol. The Bertz CT molecular complexity index is 1270. The van der Waals surface area contributed by atoms with Crippen LogP contribution >= 0.6 is 0 Å². The molecular formula is C25H27F4N5O2. The molecule has 0 saturated carbocycles. The number of carbonyl (C=O) groups excluding carboxylic acids is 1. The number of anilines is 2. The normalized spacial score (nSPS) is 19.2. The van der Waals surface area contributed by atoms with Gasteiger partial charge in [0.1, 0.15) is 5.82 Å². The number of morpholine rings is 1. The smallest absolute Gasteiger partial charge is 0.378 e. The van der Waals surface area contributed by atoms with Crippen LogP contribution in [-0.2, 0) is 9.53 Å². The second-order valence-corrected chi connectivity index (χ2v) is 9.34. The Kier molecular flexibility index (Phi) is 6.60. The van der Waals surface area contributed by atoms with E-state index in [2.05, 4.69) is 15.2 Å². The molecule has 1 N–H and O–H groups in total. The van der Waals surface area contributed by atoms with Gasteiger partial charge >= 0.3 is 6.18 Å². The standard InChI is InChI=1S/C25H27F4N5O2/c1-16-10-20(26)21(31-24(35)17-2-4-32(13-17)15-25(27,28)29)12-19(16)18-11-22(33-6-8-36-9-7-33)23-30-3-5-34(23)14-18/h3,5,10-12,14,17H,2,4,6-9,13,15H2,1H3,(H,31,35). The van der Waals surface area contributed by atoms with Crippen molar-refractivity contribution < 1.29 is 27.1 Å². The number of nitrogens with one attached hydrogen (secondary N) is 1. The van der Waals surface area contributed by atoms with Crippen LogP contribution in [0.5, 0.6) is 0 Å². The lowest BCUT2D eigenvalue weighted by Crippen LogP contribution is -2.36. The Morgan fingerprint density at radius 3 is 2.72 bits per heavy atom. The number of hydrogen-bond acceptors (Lipinski definition) is 5. The topological polar surface area (TPSA) is 62.1 Å². The summed E-state index contributed by atoms with van der Waals surface area (Å²) in [5.74, 6) is -1.70. The van der Waals surface area contributed by atoms with Crippen molar-refractivity contribution >= 4 is 22.9 Å². The molecule has 1 aromatic carbocycles. The Labute approximate surface area is 205 Å². The molecule has 0 spiro atoms. The van der Waals surface area contributed by atoms with Crippen molar-refractivity contribution in [2.45, 2.75) is 19.5 Å². The molecule has 0 radical (unpaired) electrons.